The summed E-state index contributed by atoms with van der Waals surface area (Å²) in [5.74, 6) is 1.66. The maximum atomic E-state index is 13.6. The van der Waals surface area contributed by atoms with Crippen molar-refractivity contribution in [3.63, 3.8) is 0 Å². The van der Waals surface area contributed by atoms with E-state index in [0.29, 0.717) is 41.9 Å². The Bertz CT molecular complexity index is 1510. The fourth-order valence-electron chi connectivity index (χ4n) is 4.84. The molecule has 42 heavy (non-hydrogen) atoms. The van der Waals surface area contributed by atoms with Gasteiger partial charge >= 0.3 is 0 Å². The van der Waals surface area contributed by atoms with E-state index in [1.165, 1.54) is 4.90 Å². The monoisotopic (exact) mass is 570 g/mol. The number of benzene rings is 3. The Labute approximate surface area is 244 Å². The Morgan fingerprint density at radius 3 is 2.29 bits per heavy atom. The van der Waals surface area contributed by atoms with Gasteiger partial charge in [0.15, 0.2) is 0 Å². The van der Waals surface area contributed by atoms with Gasteiger partial charge in [-0.15, -0.1) is 0 Å². The summed E-state index contributed by atoms with van der Waals surface area (Å²) in [6.07, 6.45) is 3.47. The van der Waals surface area contributed by atoms with Gasteiger partial charge in [-0.3, -0.25) is 19.5 Å². The third kappa shape index (κ3) is 6.72. The number of nitrogens with one attached hydrogen (secondary N) is 1. The van der Waals surface area contributed by atoms with Crippen LogP contribution in [0.5, 0.6) is 17.2 Å². The number of rotatable bonds is 11. The molecular formula is C32H34N4O6. The predicted octanol–water partition coefficient (Wildman–Crippen LogP) is 4.83. The second-order valence-electron chi connectivity index (χ2n) is 9.85. The first kappa shape index (κ1) is 28.7. The lowest BCUT2D eigenvalue weighted by Crippen LogP contribution is -2.42. The summed E-state index contributed by atoms with van der Waals surface area (Å²) in [5.41, 5.74) is 2.72. The summed E-state index contributed by atoms with van der Waals surface area (Å²) in [7, 11) is 4.77. The summed E-state index contributed by atoms with van der Waals surface area (Å²) >= 11 is 0. The van der Waals surface area contributed by atoms with Gasteiger partial charge in [-0.1, -0.05) is 6.07 Å². The molecule has 1 saturated heterocycles. The fourth-order valence-corrected chi connectivity index (χ4v) is 4.84. The molecule has 1 unspecified atom stereocenters. The van der Waals surface area contributed by atoms with Crippen molar-refractivity contribution in [1.82, 2.24) is 14.5 Å². The van der Waals surface area contributed by atoms with Gasteiger partial charge in [-0.2, -0.15) is 0 Å². The zero-order valence-electron chi connectivity index (χ0n) is 23.9. The number of carbonyl (C=O) groups is 2. The van der Waals surface area contributed by atoms with Crippen molar-refractivity contribution in [1.29, 1.82) is 0 Å². The average Bonchev–Trinajstić information content (AvgIpc) is 3.70. The van der Waals surface area contributed by atoms with Crippen molar-refractivity contribution >= 4 is 17.8 Å². The van der Waals surface area contributed by atoms with Crippen molar-refractivity contribution < 1.29 is 28.5 Å². The van der Waals surface area contributed by atoms with Gasteiger partial charge in [-0.25, -0.2) is 4.98 Å². The third-order valence-electron chi connectivity index (χ3n) is 7.08. The lowest BCUT2D eigenvalue weighted by molar-refractivity contribution is -0.117. The summed E-state index contributed by atoms with van der Waals surface area (Å²) in [4.78, 5) is 33.3. The van der Waals surface area contributed by atoms with E-state index in [2.05, 4.69) is 5.32 Å². The molecule has 0 bridgehead atoms. The van der Waals surface area contributed by atoms with Gasteiger partial charge in [0.2, 0.25) is 11.9 Å². The van der Waals surface area contributed by atoms with Crippen LogP contribution in [0, 0.1) is 0 Å². The molecule has 2 amide bonds. The highest BCUT2D eigenvalue weighted by molar-refractivity contribution is 5.99. The number of hydrogen-bond acceptors (Lipinski definition) is 7. The minimum Gasteiger partial charge on any atom is -0.497 e. The molecule has 1 aromatic heterocycles. The number of imidazole rings is 1. The van der Waals surface area contributed by atoms with Crippen LogP contribution >= 0.6 is 0 Å². The van der Waals surface area contributed by atoms with Crippen molar-refractivity contribution in [3.8, 4) is 34.2 Å². The third-order valence-corrected chi connectivity index (χ3v) is 7.08. The minimum atomic E-state index is -0.383. The van der Waals surface area contributed by atoms with Gasteiger partial charge in [0.25, 0.3) is 5.91 Å². The molecule has 1 aliphatic rings. The van der Waals surface area contributed by atoms with E-state index >= 15 is 0 Å². The lowest BCUT2D eigenvalue weighted by atomic mass is 10.1. The molecule has 0 spiro atoms. The molecule has 1 N–H and O–H groups in total. The van der Waals surface area contributed by atoms with Crippen LogP contribution < -0.4 is 19.5 Å². The smallest absolute Gasteiger partial charge is 0.254 e. The van der Waals surface area contributed by atoms with Crippen LogP contribution in [0.2, 0.25) is 0 Å². The van der Waals surface area contributed by atoms with E-state index in [9.17, 15) is 9.59 Å². The minimum absolute atomic E-state index is 0.129. The van der Waals surface area contributed by atoms with Crippen molar-refractivity contribution in [2.45, 2.75) is 18.9 Å². The number of methoxy groups -OCH3 is 3. The number of carbonyl (C=O) groups excluding carboxylic acids is 2. The SMILES string of the molecule is COc1ccc(-c2cn(-c3ccc(OC)cc3)c(NC(=O)CN(CC3CCCO3)C(=O)c3cccc(OC)c3)n2)cc1. The van der Waals surface area contributed by atoms with E-state index in [1.807, 2.05) is 54.7 Å². The molecule has 5 rings (SSSR count). The van der Waals surface area contributed by atoms with Crippen LogP contribution in [-0.4, -0.2) is 73.4 Å². The summed E-state index contributed by atoms with van der Waals surface area (Å²) in [6.45, 7) is 0.766. The van der Waals surface area contributed by atoms with Crippen LogP contribution in [-0.2, 0) is 9.53 Å². The molecule has 218 valence electrons. The normalized spacial score (nSPS) is 14.3. The van der Waals surface area contributed by atoms with Gasteiger partial charge in [0.05, 0.1) is 33.1 Å². The van der Waals surface area contributed by atoms with E-state index in [0.717, 1.165) is 29.8 Å². The summed E-state index contributed by atoms with van der Waals surface area (Å²) in [5, 5.41) is 2.93. The van der Waals surface area contributed by atoms with E-state index < -0.39 is 0 Å². The number of anilines is 1. The Hall–Kier alpha value is -4.83. The largest absolute Gasteiger partial charge is 0.497 e. The van der Waals surface area contributed by atoms with Gasteiger partial charge < -0.3 is 23.8 Å². The van der Waals surface area contributed by atoms with Gasteiger partial charge in [-0.05, 0) is 79.6 Å². The van der Waals surface area contributed by atoms with Crippen molar-refractivity contribution in [2.75, 3.05) is 46.3 Å². The zero-order valence-corrected chi connectivity index (χ0v) is 23.9. The molecule has 1 aliphatic heterocycles. The first-order valence-corrected chi connectivity index (χ1v) is 13.7. The van der Waals surface area contributed by atoms with Crippen LogP contribution in [0.4, 0.5) is 5.95 Å². The zero-order chi connectivity index (χ0) is 29.5. The summed E-state index contributed by atoms with van der Waals surface area (Å²) in [6, 6.07) is 21.9. The molecule has 3 aromatic carbocycles. The second kappa shape index (κ2) is 13.2. The Morgan fingerprint density at radius 2 is 1.64 bits per heavy atom. The fraction of sp³-hybridized carbons (Fsp3) is 0.281. The van der Waals surface area contributed by atoms with Crippen LogP contribution in [0.1, 0.15) is 23.2 Å². The Kier molecular flexibility index (Phi) is 9.03. The maximum Gasteiger partial charge on any atom is 0.254 e. The molecule has 0 aliphatic carbocycles. The number of aromatic nitrogens is 2. The number of hydrogen-bond donors (Lipinski definition) is 1. The number of nitrogens with zero attached hydrogens (tertiary/aromatic N) is 3. The van der Waals surface area contributed by atoms with E-state index in [-0.39, 0.29) is 24.5 Å². The summed E-state index contributed by atoms with van der Waals surface area (Å²) < 4.78 is 23.5. The van der Waals surface area contributed by atoms with Crippen LogP contribution in [0.3, 0.4) is 0 Å². The standard InChI is InChI=1S/C32H34N4O6/c1-39-25-13-9-22(10-14-25)29-20-36(24-11-15-26(40-2)16-12-24)32(33-29)34-30(37)21-35(19-28-8-5-17-42-28)31(38)23-6-4-7-27(18-23)41-3/h4,6-7,9-16,18,20,28H,5,8,17,19,21H2,1-3H3,(H,33,34,37). The molecule has 0 saturated carbocycles. The van der Waals surface area contributed by atoms with E-state index in [4.69, 9.17) is 23.9 Å². The topological polar surface area (TPSA) is 104 Å². The van der Waals surface area contributed by atoms with Crippen LogP contribution in [0.15, 0.2) is 79.0 Å². The molecule has 0 radical (unpaired) electrons. The van der Waals surface area contributed by atoms with Gasteiger partial charge in [0, 0.05) is 36.2 Å². The number of amides is 2. The number of ether oxygens (including phenoxy) is 4. The van der Waals surface area contributed by atoms with E-state index in [1.54, 1.807) is 50.2 Å². The quantitative estimate of drug-likeness (QED) is 0.276. The second-order valence-corrected chi connectivity index (χ2v) is 9.85. The highest BCUT2D eigenvalue weighted by Crippen LogP contribution is 2.27. The molecule has 2 heterocycles. The first-order valence-electron chi connectivity index (χ1n) is 13.7. The Morgan fingerprint density at radius 1 is 0.952 bits per heavy atom. The highest BCUT2D eigenvalue weighted by atomic mass is 16.5. The molecule has 10 heteroatoms. The molecule has 1 fully saturated rings. The predicted molar refractivity (Wildman–Crippen MR) is 159 cm³/mol. The molecular weight excluding hydrogens is 536 g/mol. The lowest BCUT2D eigenvalue weighted by Gasteiger charge is -2.25. The van der Waals surface area contributed by atoms with Crippen molar-refractivity contribution in [2.24, 2.45) is 0 Å². The molecule has 4 aromatic rings. The maximum absolute atomic E-state index is 13.6. The average molecular weight is 571 g/mol. The van der Waals surface area contributed by atoms with Gasteiger partial charge in [0.1, 0.15) is 23.8 Å². The Balaban J connectivity index is 1.42. The molecule has 1 atom stereocenters. The van der Waals surface area contributed by atoms with Crippen molar-refractivity contribution in [3.05, 3.63) is 84.6 Å². The first-order chi connectivity index (χ1) is 20.5. The van der Waals surface area contributed by atoms with Crippen LogP contribution in [0.25, 0.3) is 16.9 Å². The molecule has 10 nitrogen and oxygen atoms in total. The highest BCUT2D eigenvalue weighted by Gasteiger charge is 2.26.